The summed E-state index contributed by atoms with van der Waals surface area (Å²) in [6.07, 6.45) is 0. The first-order valence-corrected chi connectivity index (χ1v) is 17.8. The van der Waals surface area contributed by atoms with E-state index in [1.165, 1.54) is 66.1 Å². The lowest BCUT2D eigenvalue weighted by Gasteiger charge is -2.15. The molecule has 1 aliphatic rings. The molecule has 0 atom stereocenters. The van der Waals surface area contributed by atoms with Crippen molar-refractivity contribution in [2.24, 2.45) is 0 Å². The van der Waals surface area contributed by atoms with Crippen molar-refractivity contribution in [1.82, 2.24) is 9.97 Å². The molecule has 2 heteroatoms. The van der Waals surface area contributed by atoms with Gasteiger partial charge in [-0.15, -0.1) is 0 Å². The number of fused-ring (bicyclic) bond motifs is 7. The maximum Gasteiger partial charge on any atom is 0.0972 e. The minimum atomic E-state index is 0.918. The van der Waals surface area contributed by atoms with Crippen LogP contribution in [0.3, 0.4) is 0 Å². The van der Waals surface area contributed by atoms with E-state index >= 15 is 0 Å². The van der Waals surface area contributed by atoms with Gasteiger partial charge in [0.25, 0.3) is 0 Å². The molecule has 2 nitrogen and oxygen atoms in total. The lowest BCUT2D eigenvalue weighted by Crippen LogP contribution is -1.91. The SMILES string of the molecule is c1ccc(-c2ccc3ccc4ccc(-c5cccc(-c6ccc(-c7ccc8c9c(cccc79)-c7ccccc7-8)c7ccccc67)c5)nc4c3n2)cc1. The Morgan fingerprint density at radius 2 is 0.731 bits per heavy atom. The van der Waals surface area contributed by atoms with Crippen LogP contribution in [0, 0.1) is 0 Å². The molecule has 0 fully saturated rings. The van der Waals surface area contributed by atoms with Crippen molar-refractivity contribution >= 4 is 43.4 Å². The van der Waals surface area contributed by atoms with Crippen LogP contribution in [0.5, 0.6) is 0 Å². The Bertz CT molecular complexity index is 3040. The van der Waals surface area contributed by atoms with Crippen LogP contribution >= 0.6 is 0 Å². The van der Waals surface area contributed by atoms with Crippen LogP contribution in [0.25, 0.3) is 110 Å². The Morgan fingerprint density at radius 3 is 1.46 bits per heavy atom. The Labute approximate surface area is 301 Å². The molecule has 2 aromatic heterocycles. The van der Waals surface area contributed by atoms with E-state index in [0.29, 0.717) is 0 Å². The summed E-state index contributed by atoms with van der Waals surface area (Å²) in [6, 6.07) is 65.6. The van der Waals surface area contributed by atoms with Crippen molar-refractivity contribution in [3.05, 3.63) is 182 Å². The maximum atomic E-state index is 5.26. The lowest BCUT2D eigenvalue weighted by atomic mass is 9.88. The third kappa shape index (κ3) is 4.38. The second kappa shape index (κ2) is 11.3. The topological polar surface area (TPSA) is 25.8 Å². The summed E-state index contributed by atoms with van der Waals surface area (Å²) in [5, 5.41) is 7.30. The molecule has 0 aliphatic heterocycles. The zero-order valence-electron chi connectivity index (χ0n) is 28.2. The number of pyridine rings is 2. The molecule has 0 N–H and O–H groups in total. The van der Waals surface area contributed by atoms with Gasteiger partial charge in [0, 0.05) is 21.9 Å². The second-order valence-electron chi connectivity index (χ2n) is 13.7. The smallest absolute Gasteiger partial charge is 0.0972 e. The van der Waals surface area contributed by atoms with Crippen molar-refractivity contribution in [3.8, 4) is 67.0 Å². The van der Waals surface area contributed by atoms with Gasteiger partial charge in [0.1, 0.15) is 0 Å². The van der Waals surface area contributed by atoms with E-state index in [1.54, 1.807) is 0 Å². The van der Waals surface area contributed by atoms with Gasteiger partial charge in [-0.1, -0.05) is 164 Å². The molecule has 0 saturated heterocycles. The van der Waals surface area contributed by atoms with Gasteiger partial charge in [0.2, 0.25) is 0 Å². The van der Waals surface area contributed by atoms with E-state index in [1.807, 2.05) is 6.07 Å². The molecule has 52 heavy (non-hydrogen) atoms. The van der Waals surface area contributed by atoms with E-state index in [4.69, 9.17) is 9.97 Å². The minimum Gasteiger partial charge on any atom is -0.245 e. The number of nitrogens with zero attached hydrogens (tertiary/aromatic N) is 2. The van der Waals surface area contributed by atoms with Gasteiger partial charge < -0.3 is 0 Å². The van der Waals surface area contributed by atoms with E-state index in [9.17, 15) is 0 Å². The second-order valence-corrected chi connectivity index (χ2v) is 13.7. The summed E-state index contributed by atoms with van der Waals surface area (Å²) in [4.78, 5) is 10.4. The standard InChI is InChI=1S/C50H30N2/c1-2-10-31(11-3-1)46-28-22-32-20-21-33-23-29-47(52-50(33)49(32)51-46)35-13-8-12-34(30-35)36-24-25-41(38-15-5-4-14-37(36)38)42-26-27-45-40-17-7-6-16-39(40)43-18-9-19-44(42)48(43)45/h1-30H. The van der Waals surface area contributed by atoms with Gasteiger partial charge >= 0.3 is 0 Å². The average molecular weight is 659 g/mol. The lowest BCUT2D eigenvalue weighted by molar-refractivity contribution is 1.36. The molecule has 10 aromatic rings. The van der Waals surface area contributed by atoms with Crippen LogP contribution < -0.4 is 0 Å². The van der Waals surface area contributed by atoms with Crippen LogP contribution in [0.2, 0.25) is 0 Å². The van der Waals surface area contributed by atoms with Crippen LogP contribution in [0.1, 0.15) is 0 Å². The zero-order chi connectivity index (χ0) is 34.2. The van der Waals surface area contributed by atoms with Gasteiger partial charge in [-0.3, -0.25) is 0 Å². The molecule has 1 aliphatic carbocycles. The first kappa shape index (κ1) is 28.9. The quantitative estimate of drug-likeness (QED) is 0.176. The third-order valence-corrected chi connectivity index (χ3v) is 10.8. The summed E-state index contributed by atoms with van der Waals surface area (Å²) in [6.45, 7) is 0. The fourth-order valence-corrected chi connectivity index (χ4v) is 8.37. The molecule has 0 amide bonds. The number of rotatable bonds is 4. The van der Waals surface area contributed by atoms with E-state index in [2.05, 4.69) is 176 Å². The Hall–Kier alpha value is -6.90. The van der Waals surface area contributed by atoms with Crippen LogP contribution in [0.15, 0.2) is 182 Å². The van der Waals surface area contributed by atoms with Gasteiger partial charge in [-0.2, -0.15) is 0 Å². The average Bonchev–Trinajstić information content (AvgIpc) is 3.55. The Kier molecular flexibility index (Phi) is 6.28. The summed E-state index contributed by atoms with van der Waals surface area (Å²) < 4.78 is 0. The highest BCUT2D eigenvalue weighted by molar-refractivity contribution is 6.20. The normalized spacial score (nSPS) is 11.8. The first-order chi connectivity index (χ1) is 25.8. The molecule has 0 saturated carbocycles. The van der Waals surface area contributed by atoms with Crippen molar-refractivity contribution in [2.75, 3.05) is 0 Å². The molecular formula is C50H30N2. The molecule has 8 aromatic carbocycles. The number of hydrogen-bond acceptors (Lipinski definition) is 2. The summed E-state index contributed by atoms with van der Waals surface area (Å²) in [7, 11) is 0. The molecular weight excluding hydrogens is 629 g/mol. The van der Waals surface area contributed by atoms with Crippen LogP contribution in [0.4, 0.5) is 0 Å². The monoisotopic (exact) mass is 658 g/mol. The molecule has 0 bridgehead atoms. The largest absolute Gasteiger partial charge is 0.245 e. The molecule has 0 radical (unpaired) electrons. The zero-order valence-corrected chi connectivity index (χ0v) is 28.2. The van der Waals surface area contributed by atoms with Crippen molar-refractivity contribution in [3.63, 3.8) is 0 Å². The van der Waals surface area contributed by atoms with Gasteiger partial charge in [-0.25, -0.2) is 9.97 Å². The minimum absolute atomic E-state index is 0.918. The first-order valence-electron chi connectivity index (χ1n) is 17.8. The van der Waals surface area contributed by atoms with Crippen molar-refractivity contribution < 1.29 is 0 Å². The maximum absolute atomic E-state index is 5.26. The van der Waals surface area contributed by atoms with Gasteiger partial charge in [0.15, 0.2) is 0 Å². The fraction of sp³-hybridized carbons (Fsp3) is 0. The van der Waals surface area contributed by atoms with E-state index < -0.39 is 0 Å². The van der Waals surface area contributed by atoms with Crippen LogP contribution in [-0.4, -0.2) is 9.97 Å². The van der Waals surface area contributed by atoms with Crippen molar-refractivity contribution in [1.29, 1.82) is 0 Å². The predicted octanol–water partition coefficient (Wildman–Crippen LogP) is 13.4. The number of aromatic nitrogens is 2. The summed E-state index contributed by atoms with van der Waals surface area (Å²) in [5.41, 5.74) is 16.1. The van der Waals surface area contributed by atoms with Gasteiger partial charge in [-0.05, 0) is 84.3 Å². The molecule has 240 valence electrons. The Morgan fingerprint density at radius 1 is 0.269 bits per heavy atom. The predicted molar refractivity (Wildman–Crippen MR) is 218 cm³/mol. The number of hydrogen-bond donors (Lipinski definition) is 0. The number of benzene rings is 8. The van der Waals surface area contributed by atoms with Crippen LogP contribution in [-0.2, 0) is 0 Å². The highest BCUT2D eigenvalue weighted by Crippen LogP contribution is 2.50. The van der Waals surface area contributed by atoms with E-state index in [0.717, 1.165) is 44.3 Å². The summed E-state index contributed by atoms with van der Waals surface area (Å²) >= 11 is 0. The highest BCUT2D eigenvalue weighted by atomic mass is 14.8. The molecule has 11 rings (SSSR count). The Balaban J connectivity index is 1.03. The molecule has 2 heterocycles. The fourth-order valence-electron chi connectivity index (χ4n) is 8.37. The third-order valence-electron chi connectivity index (χ3n) is 10.8. The van der Waals surface area contributed by atoms with Gasteiger partial charge in [0.05, 0.1) is 22.4 Å². The molecule has 0 spiro atoms. The highest BCUT2D eigenvalue weighted by Gasteiger charge is 2.23. The molecule has 0 unspecified atom stereocenters. The van der Waals surface area contributed by atoms with Crippen molar-refractivity contribution in [2.45, 2.75) is 0 Å². The summed E-state index contributed by atoms with van der Waals surface area (Å²) in [5.74, 6) is 0. The van der Waals surface area contributed by atoms with E-state index in [-0.39, 0.29) is 0 Å².